The molecular formula is C12H13FN2. The second kappa shape index (κ2) is 4.17. The third-order valence-electron chi connectivity index (χ3n) is 2.37. The van der Waals surface area contributed by atoms with E-state index in [2.05, 4.69) is 16.0 Å². The van der Waals surface area contributed by atoms with E-state index in [4.69, 9.17) is 0 Å². The van der Waals surface area contributed by atoms with Gasteiger partial charge in [0, 0.05) is 24.6 Å². The summed E-state index contributed by atoms with van der Waals surface area (Å²) in [6.45, 7) is 0.745. The van der Waals surface area contributed by atoms with Gasteiger partial charge in [-0.3, -0.25) is 0 Å². The van der Waals surface area contributed by atoms with Gasteiger partial charge in [0.1, 0.15) is 5.82 Å². The predicted octanol–water partition coefficient (Wildman–Crippen LogP) is 2.78. The standard InChI is InChI=1S/C12H13FN2/c1-15-8-2-3-12(15)9-14-11-6-4-10(13)5-7-11/h2-8,14H,9H2,1H3. The smallest absolute Gasteiger partial charge is 0.123 e. The Balaban J connectivity index is 1.99. The molecule has 1 N–H and O–H groups in total. The van der Waals surface area contributed by atoms with Crippen molar-refractivity contribution in [1.29, 1.82) is 0 Å². The van der Waals surface area contributed by atoms with Gasteiger partial charge in [0.2, 0.25) is 0 Å². The Bertz CT molecular complexity index is 431. The Morgan fingerprint density at radius 1 is 1.20 bits per heavy atom. The van der Waals surface area contributed by atoms with Crippen molar-refractivity contribution < 1.29 is 4.39 Å². The number of hydrogen-bond acceptors (Lipinski definition) is 1. The maximum atomic E-state index is 12.6. The Labute approximate surface area is 88.4 Å². The van der Waals surface area contributed by atoms with Crippen LogP contribution in [0.3, 0.4) is 0 Å². The number of nitrogens with one attached hydrogen (secondary N) is 1. The highest BCUT2D eigenvalue weighted by Gasteiger charge is 1.97. The summed E-state index contributed by atoms with van der Waals surface area (Å²) < 4.78 is 14.7. The van der Waals surface area contributed by atoms with Crippen molar-refractivity contribution in [1.82, 2.24) is 4.57 Å². The van der Waals surface area contributed by atoms with E-state index in [9.17, 15) is 4.39 Å². The van der Waals surface area contributed by atoms with Crippen LogP contribution in [-0.4, -0.2) is 4.57 Å². The normalized spacial score (nSPS) is 10.3. The number of benzene rings is 1. The van der Waals surface area contributed by atoms with Crippen LogP contribution in [0.15, 0.2) is 42.6 Å². The molecule has 0 aliphatic carbocycles. The van der Waals surface area contributed by atoms with Crippen LogP contribution in [0.5, 0.6) is 0 Å². The second-order valence-electron chi connectivity index (χ2n) is 3.47. The summed E-state index contributed by atoms with van der Waals surface area (Å²) in [5.41, 5.74) is 2.12. The van der Waals surface area contributed by atoms with E-state index in [0.29, 0.717) is 0 Å². The van der Waals surface area contributed by atoms with E-state index in [1.807, 2.05) is 19.3 Å². The molecule has 0 aliphatic heterocycles. The quantitative estimate of drug-likeness (QED) is 0.813. The maximum Gasteiger partial charge on any atom is 0.123 e. The van der Waals surface area contributed by atoms with E-state index in [1.54, 1.807) is 12.1 Å². The van der Waals surface area contributed by atoms with Crippen LogP contribution < -0.4 is 5.32 Å². The number of aryl methyl sites for hydroxylation is 1. The summed E-state index contributed by atoms with van der Waals surface area (Å²) in [6.07, 6.45) is 2.00. The van der Waals surface area contributed by atoms with Crippen molar-refractivity contribution in [2.24, 2.45) is 7.05 Å². The fourth-order valence-electron chi connectivity index (χ4n) is 1.44. The number of anilines is 1. The maximum absolute atomic E-state index is 12.6. The van der Waals surface area contributed by atoms with Gasteiger partial charge in [-0.1, -0.05) is 0 Å². The minimum Gasteiger partial charge on any atom is -0.379 e. The largest absolute Gasteiger partial charge is 0.379 e. The Kier molecular flexibility index (Phi) is 2.72. The average Bonchev–Trinajstić information content (AvgIpc) is 2.63. The van der Waals surface area contributed by atoms with Crippen LogP contribution >= 0.6 is 0 Å². The predicted molar refractivity (Wildman–Crippen MR) is 59.1 cm³/mol. The molecule has 3 heteroatoms. The van der Waals surface area contributed by atoms with Crippen LogP contribution in [0, 0.1) is 5.82 Å². The first kappa shape index (κ1) is 9.77. The third kappa shape index (κ3) is 2.37. The summed E-state index contributed by atoms with van der Waals surface area (Å²) in [5.74, 6) is -0.209. The lowest BCUT2D eigenvalue weighted by molar-refractivity contribution is 0.628. The SMILES string of the molecule is Cn1cccc1CNc1ccc(F)cc1. The fourth-order valence-corrected chi connectivity index (χ4v) is 1.44. The molecule has 0 spiro atoms. The Morgan fingerprint density at radius 2 is 1.93 bits per heavy atom. The number of nitrogens with zero attached hydrogens (tertiary/aromatic N) is 1. The monoisotopic (exact) mass is 204 g/mol. The number of rotatable bonds is 3. The number of hydrogen-bond donors (Lipinski definition) is 1. The summed E-state index contributed by atoms with van der Waals surface area (Å²) in [6, 6.07) is 10.4. The lowest BCUT2D eigenvalue weighted by Crippen LogP contribution is -2.03. The van der Waals surface area contributed by atoms with Gasteiger partial charge < -0.3 is 9.88 Å². The molecule has 0 fully saturated rings. The van der Waals surface area contributed by atoms with Crippen LogP contribution in [0.2, 0.25) is 0 Å². The van der Waals surface area contributed by atoms with Gasteiger partial charge in [0.05, 0.1) is 6.54 Å². The average molecular weight is 204 g/mol. The van der Waals surface area contributed by atoms with Crippen molar-refractivity contribution in [2.75, 3.05) is 5.32 Å². The van der Waals surface area contributed by atoms with Crippen molar-refractivity contribution in [2.45, 2.75) is 6.54 Å². The van der Waals surface area contributed by atoms with Crippen LogP contribution in [0.25, 0.3) is 0 Å². The first-order chi connectivity index (χ1) is 7.25. The lowest BCUT2D eigenvalue weighted by atomic mass is 10.3. The lowest BCUT2D eigenvalue weighted by Gasteiger charge is -2.07. The minimum atomic E-state index is -0.209. The van der Waals surface area contributed by atoms with Gasteiger partial charge in [-0.15, -0.1) is 0 Å². The summed E-state index contributed by atoms with van der Waals surface area (Å²) >= 11 is 0. The summed E-state index contributed by atoms with van der Waals surface area (Å²) in [7, 11) is 2.00. The van der Waals surface area contributed by atoms with Crippen molar-refractivity contribution in [3.8, 4) is 0 Å². The van der Waals surface area contributed by atoms with E-state index >= 15 is 0 Å². The number of aromatic nitrogens is 1. The van der Waals surface area contributed by atoms with Gasteiger partial charge in [0.25, 0.3) is 0 Å². The van der Waals surface area contributed by atoms with Crippen LogP contribution in [-0.2, 0) is 13.6 Å². The van der Waals surface area contributed by atoms with E-state index < -0.39 is 0 Å². The van der Waals surface area contributed by atoms with Gasteiger partial charge in [-0.05, 0) is 36.4 Å². The van der Waals surface area contributed by atoms with E-state index in [0.717, 1.165) is 12.2 Å². The highest BCUT2D eigenvalue weighted by atomic mass is 19.1. The van der Waals surface area contributed by atoms with Gasteiger partial charge in [0.15, 0.2) is 0 Å². The molecule has 2 rings (SSSR count). The highest BCUT2D eigenvalue weighted by molar-refractivity contribution is 5.43. The zero-order chi connectivity index (χ0) is 10.7. The molecule has 1 aromatic heterocycles. The molecule has 2 aromatic rings. The summed E-state index contributed by atoms with van der Waals surface area (Å²) in [4.78, 5) is 0. The Hall–Kier alpha value is -1.77. The summed E-state index contributed by atoms with van der Waals surface area (Å²) in [5, 5.41) is 3.23. The number of halogens is 1. The van der Waals surface area contributed by atoms with Crippen LogP contribution in [0.1, 0.15) is 5.69 Å². The molecule has 2 nitrogen and oxygen atoms in total. The van der Waals surface area contributed by atoms with Crippen molar-refractivity contribution >= 4 is 5.69 Å². The highest BCUT2D eigenvalue weighted by Crippen LogP contribution is 2.10. The molecule has 0 unspecified atom stereocenters. The zero-order valence-electron chi connectivity index (χ0n) is 8.57. The molecule has 0 amide bonds. The zero-order valence-corrected chi connectivity index (χ0v) is 8.57. The molecule has 15 heavy (non-hydrogen) atoms. The second-order valence-corrected chi connectivity index (χ2v) is 3.47. The molecule has 1 heterocycles. The molecule has 0 aliphatic rings. The third-order valence-corrected chi connectivity index (χ3v) is 2.37. The topological polar surface area (TPSA) is 17.0 Å². The molecule has 78 valence electrons. The fraction of sp³-hybridized carbons (Fsp3) is 0.167. The molecular weight excluding hydrogens is 191 g/mol. The molecule has 1 aromatic carbocycles. The Morgan fingerprint density at radius 3 is 2.53 bits per heavy atom. The van der Waals surface area contributed by atoms with E-state index in [1.165, 1.54) is 17.8 Å². The molecule has 0 saturated heterocycles. The first-order valence-corrected chi connectivity index (χ1v) is 4.85. The van der Waals surface area contributed by atoms with Crippen LogP contribution in [0.4, 0.5) is 10.1 Å². The molecule has 0 saturated carbocycles. The van der Waals surface area contributed by atoms with E-state index in [-0.39, 0.29) is 5.82 Å². The first-order valence-electron chi connectivity index (χ1n) is 4.85. The van der Waals surface area contributed by atoms with Crippen molar-refractivity contribution in [3.05, 3.63) is 54.1 Å². The molecule has 0 radical (unpaired) electrons. The van der Waals surface area contributed by atoms with Crippen molar-refractivity contribution in [3.63, 3.8) is 0 Å². The van der Waals surface area contributed by atoms with Gasteiger partial charge in [-0.25, -0.2) is 4.39 Å². The van der Waals surface area contributed by atoms with Gasteiger partial charge >= 0.3 is 0 Å². The van der Waals surface area contributed by atoms with Gasteiger partial charge in [-0.2, -0.15) is 0 Å². The molecule has 0 atom stereocenters. The minimum absolute atomic E-state index is 0.209. The molecule has 0 bridgehead atoms.